The van der Waals surface area contributed by atoms with Crippen molar-refractivity contribution in [1.82, 2.24) is 4.98 Å². The number of nitrogens with one attached hydrogen (secondary N) is 1. The van der Waals surface area contributed by atoms with Gasteiger partial charge >= 0.3 is 0 Å². The summed E-state index contributed by atoms with van der Waals surface area (Å²) in [6.45, 7) is 2.71. The second-order valence-electron chi connectivity index (χ2n) is 4.03. The van der Waals surface area contributed by atoms with Gasteiger partial charge in [0.05, 0.1) is 0 Å². The molecule has 0 amide bonds. The van der Waals surface area contributed by atoms with Gasteiger partial charge in [-0.15, -0.1) is 0 Å². The van der Waals surface area contributed by atoms with E-state index in [2.05, 4.69) is 4.98 Å². The molecule has 0 aliphatic carbocycles. The van der Waals surface area contributed by atoms with Crippen molar-refractivity contribution in [3.63, 3.8) is 0 Å². The maximum atomic E-state index is 13.0. The number of hydrogen-bond acceptors (Lipinski definition) is 3. The molecule has 5 heteroatoms. The highest BCUT2D eigenvalue weighted by Crippen LogP contribution is 2.25. The minimum Gasteiger partial charge on any atom is -0.382 e. The molecule has 0 spiro atoms. The average Bonchev–Trinajstić information content (AvgIpc) is 2.42. The lowest BCUT2D eigenvalue weighted by Crippen LogP contribution is -2.18. The minimum atomic E-state index is -0.265. The van der Waals surface area contributed by atoms with Crippen LogP contribution in [-0.2, 0) is 0 Å². The number of benzene rings is 1. The van der Waals surface area contributed by atoms with Crippen molar-refractivity contribution in [2.24, 2.45) is 5.73 Å². The smallest absolute Gasteiger partial charge is 0.141 e. The molecule has 0 bridgehead atoms. The van der Waals surface area contributed by atoms with E-state index in [1.54, 1.807) is 24.4 Å². The first kappa shape index (κ1) is 13.0. The van der Waals surface area contributed by atoms with Crippen LogP contribution in [-0.4, -0.2) is 17.4 Å². The van der Waals surface area contributed by atoms with E-state index in [0.717, 1.165) is 11.4 Å². The second-order valence-corrected chi connectivity index (χ2v) is 4.03. The highest BCUT2D eigenvalue weighted by atomic mass is 19.1. The molecule has 0 unspecified atom stereocenters. The van der Waals surface area contributed by atoms with Crippen LogP contribution >= 0.6 is 0 Å². The zero-order valence-corrected chi connectivity index (χ0v) is 10.6. The van der Waals surface area contributed by atoms with Gasteiger partial charge < -0.3 is 10.6 Å². The van der Waals surface area contributed by atoms with Crippen LogP contribution in [0, 0.1) is 11.2 Å². The van der Waals surface area contributed by atoms with E-state index in [-0.39, 0.29) is 11.7 Å². The molecular formula is C14H15FN4. The highest BCUT2D eigenvalue weighted by molar-refractivity contribution is 5.94. The van der Waals surface area contributed by atoms with Gasteiger partial charge in [0, 0.05) is 24.1 Å². The summed E-state index contributed by atoms with van der Waals surface area (Å²) in [6.07, 6.45) is 1.61. The quantitative estimate of drug-likeness (QED) is 0.654. The lowest BCUT2D eigenvalue weighted by atomic mass is 10.2. The molecule has 0 aliphatic rings. The van der Waals surface area contributed by atoms with E-state index in [1.807, 2.05) is 17.9 Å². The number of nitrogen functional groups attached to an aromatic ring is 1. The Bertz CT molecular complexity index is 580. The summed E-state index contributed by atoms with van der Waals surface area (Å²) < 4.78 is 13.0. The van der Waals surface area contributed by atoms with Gasteiger partial charge in [-0.05, 0) is 43.3 Å². The van der Waals surface area contributed by atoms with Crippen molar-refractivity contribution in [2.45, 2.75) is 6.92 Å². The number of anilines is 2. The van der Waals surface area contributed by atoms with Gasteiger partial charge in [0.1, 0.15) is 17.3 Å². The largest absolute Gasteiger partial charge is 0.382 e. The van der Waals surface area contributed by atoms with Crippen LogP contribution in [0.3, 0.4) is 0 Å². The molecule has 2 rings (SSSR count). The third-order valence-corrected chi connectivity index (χ3v) is 2.79. The summed E-state index contributed by atoms with van der Waals surface area (Å²) in [6, 6.07) is 9.85. The number of halogens is 1. The first-order chi connectivity index (χ1) is 9.11. The summed E-state index contributed by atoms with van der Waals surface area (Å²) in [4.78, 5) is 6.02. The number of aromatic nitrogens is 1. The number of rotatable bonds is 4. The summed E-state index contributed by atoms with van der Waals surface area (Å²) in [5.74, 6) is -0.337. The van der Waals surface area contributed by atoms with Crippen molar-refractivity contribution in [2.75, 3.05) is 11.4 Å². The molecule has 0 saturated carbocycles. The molecule has 19 heavy (non-hydrogen) atoms. The third kappa shape index (κ3) is 2.88. The standard InChI is InChI=1S/C14H15FN4/c1-2-19(11-5-3-10(15)4-6-11)12-7-8-18-13(9-12)14(16)17/h3-9H,2H2,1H3,(H3,16,17). The van der Waals surface area contributed by atoms with Gasteiger partial charge in [-0.25, -0.2) is 4.39 Å². The number of nitrogens with zero attached hydrogens (tertiary/aromatic N) is 2. The molecule has 1 aromatic carbocycles. The van der Waals surface area contributed by atoms with Gasteiger partial charge in [0.25, 0.3) is 0 Å². The fourth-order valence-electron chi connectivity index (χ4n) is 1.87. The minimum absolute atomic E-state index is 0.0722. The van der Waals surface area contributed by atoms with E-state index in [4.69, 9.17) is 11.1 Å². The van der Waals surface area contributed by atoms with Crippen LogP contribution in [0.25, 0.3) is 0 Å². The van der Waals surface area contributed by atoms with Crippen molar-refractivity contribution in [3.8, 4) is 0 Å². The Hall–Kier alpha value is -2.43. The number of hydrogen-bond donors (Lipinski definition) is 2. The molecular weight excluding hydrogens is 243 g/mol. The Labute approximate surface area is 111 Å². The van der Waals surface area contributed by atoms with Gasteiger partial charge in [-0.2, -0.15) is 0 Å². The topological polar surface area (TPSA) is 66.0 Å². The maximum absolute atomic E-state index is 13.0. The molecule has 0 saturated heterocycles. The van der Waals surface area contributed by atoms with Crippen LogP contribution in [0.4, 0.5) is 15.8 Å². The normalized spacial score (nSPS) is 10.2. The van der Waals surface area contributed by atoms with Crippen molar-refractivity contribution in [3.05, 3.63) is 54.1 Å². The summed E-state index contributed by atoms with van der Waals surface area (Å²) >= 11 is 0. The van der Waals surface area contributed by atoms with Gasteiger partial charge in [-0.3, -0.25) is 10.4 Å². The summed E-state index contributed by atoms with van der Waals surface area (Å²) in [5, 5.41) is 7.41. The number of amidine groups is 1. The van der Waals surface area contributed by atoms with Crippen molar-refractivity contribution in [1.29, 1.82) is 5.41 Å². The Morgan fingerprint density at radius 1 is 1.26 bits per heavy atom. The van der Waals surface area contributed by atoms with E-state index < -0.39 is 0 Å². The van der Waals surface area contributed by atoms with Crippen LogP contribution in [0.15, 0.2) is 42.6 Å². The Balaban J connectivity index is 2.39. The molecule has 1 aromatic heterocycles. The molecule has 0 aliphatic heterocycles. The first-order valence-electron chi connectivity index (χ1n) is 5.95. The van der Waals surface area contributed by atoms with E-state index in [9.17, 15) is 4.39 Å². The van der Waals surface area contributed by atoms with Crippen LogP contribution < -0.4 is 10.6 Å². The maximum Gasteiger partial charge on any atom is 0.141 e. The zero-order chi connectivity index (χ0) is 13.8. The molecule has 2 aromatic rings. The van der Waals surface area contributed by atoms with Crippen LogP contribution in [0.5, 0.6) is 0 Å². The lowest BCUT2D eigenvalue weighted by molar-refractivity contribution is 0.628. The molecule has 3 N–H and O–H groups in total. The van der Waals surface area contributed by atoms with Gasteiger partial charge in [0.15, 0.2) is 0 Å². The Kier molecular flexibility index (Phi) is 3.75. The predicted molar refractivity (Wildman–Crippen MR) is 74.3 cm³/mol. The van der Waals surface area contributed by atoms with Gasteiger partial charge in [0.2, 0.25) is 0 Å². The number of nitrogens with two attached hydrogens (primary N) is 1. The predicted octanol–water partition coefficient (Wildman–Crippen LogP) is 2.66. The molecule has 98 valence electrons. The fraction of sp³-hybridized carbons (Fsp3) is 0.143. The number of pyridine rings is 1. The summed E-state index contributed by atoms with van der Waals surface area (Å²) in [5.41, 5.74) is 7.61. The highest BCUT2D eigenvalue weighted by Gasteiger charge is 2.09. The van der Waals surface area contributed by atoms with Crippen LogP contribution in [0.2, 0.25) is 0 Å². The van der Waals surface area contributed by atoms with Crippen molar-refractivity contribution >= 4 is 17.2 Å². The third-order valence-electron chi connectivity index (χ3n) is 2.79. The molecule has 0 radical (unpaired) electrons. The summed E-state index contributed by atoms with van der Waals surface area (Å²) in [7, 11) is 0. The zero-order valence-electron chi connectivity index (χ0n) is 10.6. The van der Waals surface area contributed by atoms with E-state index >= 15 is 0 Å². The Morgan fingerprint density at radius 3 is 2.53 bits per heavy atom. The molecule has 4 nitrogen and oxygen atoms in total. The van der Waals surface area contributed by atoms with Crippen molar-refractivity contribution < 1.29 is 4.39 Å². The monoisotopic (exact) mass is 258 g/mol. The van der Waals surface area contributed by atoms with E-state index in [0.29, 0.717) is 12.2 Å². The second kappa shape index (κ2) is 5.48. The van der Waals surface area contributed by atoms with E-state index in [1.165, 1.54) is 12.1 Å². The van der Waals surface area contributed by atoms with Gasteiger partial charge in [-0.1, -0.05) is 0 Å². The molecule has 0 atom stereocenters. The molecule has 0 fully saturated rings. The molecule has 1 heterocycles. The fourth-order valence-corrected chi connectivity index (χ4v) is 1.87. The first-order valence-corrected chi connectivity index (χ1v) is 5.95. The average molecular weight is 258 g/mol. The van der Waals surface area contributed by atoms with Crippen LogP contribution in [0.1, 0.15) is 12.6 Å². The lowest BCUT2D eigenvalue weighted by Gasteiger charge is -2.23. The SMILES string of the molecule is CCN(c1ccc(F)cc1)c1ccnc(C(=N)N)c1. The Morgan fingerprint density at radius 2 is 1.95 bits per heavy atom.